The van der Waals surface area contributed by atoms with E-state index in [0.29, 0.717) is 17.0 Å². The van der Waals surface area contributed by atoms with Crippen LogP contribution in [0.5, 0.6) is 5.75 Å². The summed E-state index contributed by atoms with van der Waals surface area (Å²) in [5, 5.41) is 18.3. The number of pyridine rings is 1. The van der Waals surface area contributed by atoms with Crippen LogP contribution >= 0.6 is 0 Å². The first-order valence-corrected chi connectivity index (χ1v) is 6.73. The van der Waals surface area contributed by atoms with Crippen molar-refractivity contribution in [3.63, 3.8) is 0 Å². The Morgan fingerprint density at radius 1 is 1.09 bits per heavy atom. The third kappa shape index (κ3) is 3.08. The van der Waals surface area contributed by atoms with Crippen LogP contribution in [-0.2, 0) is 4.79 Å². The van der Waals surface area contributed by atoms with Gasteiger partial charge in [0.15, 0.2) is 0 Å². The Hall–Kier alpha value is -3.09. The number of rotatable bonds is 5. The van der Waals surface area contributed by atoms with Gasteiger partial charge in [-0.3, -0.25) is 9.36 Å². The number of hydrogen-bond donors (Lipinski definition) is 2. The van der Waals surface area contributed by atoms with Crippen LogP contribution < -0.4 is 10.3 Å². The number of benzene rings is 1. The fourth-order valence-corrected chi connectivity index (χ4v) is 2.21. The number of ether oxygens (including phenoxy) is 1. The second kappa shape index (κ2) is 6.35. The molecule has 1 heterocycles. The van der Waals surface area contributed by atoms with Crippen molar-refractivity contribution in [2.24, 2.45) is 0 Å². The first-order valence-electron chi connectivity index (χ1n) is 6.73. The number of carboxylic acids is 2. The maximum Gasteiger partial charge on any atom is 0.341 e. The molecule has 2 rings (SSSR count). The molecule has 1 atom stereocenters. The molecule has 7 heteroatoms. The maximum atomic E-state index is 12.4. The third-order valence-corrected chi connectivity index (χ3v) is 3.48. The molecule has 2 N–H and O–H groups in total. The molecule has 120 valence electrons. The molecule has 0 aliphatic heterocycles. The number of carboxylic acid groups (broad SMARTS) is 2. The Kier molecular flexibility index (Phi) is 4.49. The third-order valence-electron chi connectivity index (χ3n) is 3.48. The molecule has 0 aliphatic rings. The SMILES string of the molecule is COc1ccc(-c2ccc(C(=O)O)c(=O)n2C(C)C(=O)O)cc1. The second-order valence-corrected chi connectivity index (χ2v) is 4.86. The molecule has 0 saturated heterocycles. The minimum atomic E-state index is -1.40. The minimum Gasteiger partial charge on any atom is -0.497 e. The summed E-state index contributed by atoms with van der Waals surface area (Å²) in [6.07, 6.45) is 0. The molecule has 23 heavy (non-hydrogen) atoms. The van der Waals surface area contributed by atoms with E-state index in [2.05, 4.69) is 0 Å². The fourth-order valence-electron chi connectivity index (χ4n) is 2.21. The molecule has 0 fully saturated rings. The van der Waals surface area contributed by atoms with Gasteiger partial charge in [0.1, 0.15) is 17.4 Å². The van der Waals surface area contributed by atoms with E-state index in [4.69, 9.17) is 9.84 Å². The highest BCUT2D eigenvalue weighted by molar-refractivity contribution is 5.88. The fraction of sp³-hybridized carbons (Fsp3) is 0.188. The average molecular weight is 317 g/mol. The van der Waals surface area contributed by atoms with Gasteiger partial charge in [-0.2, -0.15) is 0 Å². The molecule has 0 bridgehead atoms. The number of aliphatic carboxylic acids is 1. The number of carbonyl (C=O) groups is 2. The predicted molar refractivity (Wildman–Crippen MR) is 82.0 cm³/mol. The van der Waals surface area contributed by atoms with Crippen LogP contribution in [0.2, 0.25) is 0 Å². The van der Waals surface area contributed by atoms with Crippen molar-refractivity contribution in [3.8, 4) is 17.0 Å². The normalized spacial score (nSPS) is 11.7. The summed E-state index contributed by atoms with van der Waals surface area (Å²) in [4.78, 5) is 34.8. The van der Waals surface area contributed by atoms with E-state index in [9.17, 15) is 19.5 Å². The zero-order valence-electron chi connectivity index (χ0n) is 12.5. The number of methoxy groups -OCH3 is 1. The van der Waals surface area contributed by atoms with Gasteiger partial charge in [-0.05, 0) is 48.9 Å². The lowest BCUT2D eigenvalue weighted by Crippen LogP contribution is -2.32. The zero-order chi connectivity index (χ0) is 17.1. The number of nitrogens with zero attached hydrogens (tertiary/aromatic N) is 1. The lowest BCUT2D eigenvalue weighted by atomic mass is 10.1. The second-order valence-electron chi connectivity index (χ2n) is 4.86. The van der Waals surface area contributed by atoms with Gasteiger partial charge in [-0.15, -0.1) is 0 Å². The highest BCUT2D eigenvalue weighted by Gasteiger charge is 2.22. The van der Waals surface area contributed by atoms with Gasteiger partial charge in [0.05, 0.1) is 12.8 Å². The van der Waals surface area contributed by atoms with E-state index in [1.54, 1.807) is 24.3 Å². The monoisotopic (exact) mass is 317 g/mol. The standard InChI is InChI=1S/C16H15NO6/c1-9(15(19)20)17-13(8-7-12(14(17)18)16(21)22)10-3-5-11(23-2)6-4-10/h3-9H,1-2H3,(H,19,20)(H,21,22). The smallest absolute Gasteiger partial charge is 0.341 e. The van der Waals surface area contributed by atoms with Gasteiger partial charge in [0, 0.05) is 0 Å². The molecule has 2 aromatic rings. The molecule has 0 saturated carbocycles. The summed E-state index contributed by atoms with van der Waals surface area (Å²) >= 11 is 0. The highest BCUT2D eigenvalue weighted by Crippen LogP contribution is 2.24. The highest BCUT2D eigenvalue weighted by atomic mass is 16.5. The minimum absolute atomic E-state index is 0.317. The topological polar surface area (TPSA) is 106 Å². The largest absolute Gasteiger partial charge is 0.497 e. The van der Waals surface area contributed by atoms with Crippen LogP contribution in [-0.4, -0.2) is 33.8 Å². The van der Waals surface area contributed by atoms with Crippen LogP contribution in [0.25, 0.3) is 11.3 Å². The summed E-state index contributed by atoms with van der Waals surface area (Å²) in [7, 11) is 1.51. The summed E-state index contributed by atoms with van der Waals surface area (Å²) < 4.78 is 6.02. The van der Waals surface area contributed by atoms with Crippen molar-refractivity contribution >= 4 is 11.9 Å². The Balaban J connectivity index is 2.71. The predicted octanol–water partition coefficient (Wildman–Crippen LogP) is 1.87. The van der Waals surface area contributed by atoms with Crippen molar-refractivity contribution in [3.05, 3.63) is 52.3 Å². The molecule has 0 amide bonds. The number of aromatic nitrogens is 1. The molecular weight excluding hydrogens is 302 g/mol. The van der Waals surface area contributed by atoms with Gasteiger partial charge in [0.2, 0.25) is 0 Å². The zero-order valence-corrected chi connectivity index (χ0v) is 12.5. The van der Waals surface area contributed by atoms with Crippen molar-refractivity contribution < 1.29 is 24.5 Å². The maximum absolute atomic E-state index is 12.4. The van der Waals surface area contributed by atoms with Crippen LogP contribution in [0.1, 0.15) is 23.3 Å². The van der Waals surface area contributed by atoms with E-state index in [1.807, 2.05) is 0 Å². The van der Waals surface area contributed by atoms with Crippen molar-refractivity contribution in [1.82, 2.24) is 4.57 Å². The Labute approximate surface area is 131 Å². The molecule has 1 aromatic heterocycles. The Morgan fingerprint density at radius 2 is 1.70 bits per heavy atom. The first kappa shape index (κ1) is 16.3. The van der Waals surface area contributed by atoms with E-state index < -0.39 is 29.1 Å². The van der Waals surface area contributed by atoms with Crippen LogP contribution in [0.4, 0.5) is 0 Å². The number of aromatic carboxylic acids is 1. The lowest BCUT2D eigenvalue weighted by Gasteiger charge is -2.17. The van der Waals surface area contributed by atoms with Crippen molar-refractivity contribution in [1.29, 1.82) is 0 Å². The Morgan fingerprint density at radius 3 is 2.17 bits per heavy atom. The van der Waals surface area contributed by atoms with Crippen molar-refractivity contribution in [2.45, 2.75) is 13.0 Å². The summed E-state index contributed by atoms with van der Waals surface area (Å²) in [5.41, 5.74) is -0.443. The molecule has 1 aromatic carbocycles. The van der Waals surface area contributed by atoms with Crippen LogP contribution in [0.3, 0.4) is 0 Å². The Bertz CT molecular complexity index is 806. The molecule has 0 radical (unpaired) electrons. The quantitative estimate of drug-likeness (QED) is 0.872. The van der Waals surface area contributed by atoms with E-state index in [1.165, 1.54) is 26.2 Å². The van der Waals surface area contributed by atoms with Crippen LogP contribution in [0.15, 0.2) is 41.2 Å². The molecule has 1 unspecified atom stereocenters. The van der Waals surface area contributed by atoms with Crippen molar-refractivity contribution in [2.75, 3.05) is 7.11 Å². The lowest BCUT2D eigenvalue weighted by molar-refractivity contribution is -0.140. The average Bonchev–Trinajstić information content (AvgIpc) is 2.53. The van der Waals surface area contributed by atoms with E-state index in [0.717, 1.165) is 4.57 Å². The summed E-state index contributed by atoms with van der Waals surface area (Å²) in [5.74, 6) is -2.02. The van der Waals surface area contributed by atoms with E-state index in [-0.39, 0.29) is 0 Å². The summed E-state index contributed by atoms with van der Waals surface area (Å²) in [6.45, 7) is 1.32. The first-order chi connectivity index (χ1) is 10.9. The van der Waals surface area contributed by atoms with Gasteiger partial charge in [-0.25, -0.2) is 9.59 Å². The molecule has 0 spiro atoms. The summed E-state index contributed by atoms with van der Waals surface area (Å²) in [6, 6.07) is 8.06. The van der Waals surface area contributed by atoms with Crippen LogP contribution in [0, 0.1) is 0 Å². The van der Waals surface area contributed by atoms with Gasteiger partial charge < -0.3 is 14.9 Å². The van der Waals surface area contributed by atoms with Gasteiger partial charge in [-0.1, -0.05) is 0 Å². The van der Waals surface area contributed by atoms with E-state index >= 15 is 0 Å². The molecule has 0 aliphatic carbocycles. The van der Waals surface area contributed by atoms with Gasteiger partial charge in [0.25, 0.3) is 5.56 Å². The molecule has 7 nitrogen and oxygen atoms in total. The van der Waals surface area contributed by atoms with Gasteiger partial charge >= 0.3 is 11.9 Å². The molecular formula is C16H15NO6. The number of hydrogen-bond acceptors (Lipinski definition) is 4.